The average Bonchev–Trinajstić information content (AvgIpc) is 2.82. The third-order valence-corrected chi connectivity index (χ3v) is 4.39. The summed E-state index contributed by atoms with van der Waals surface area (Å²) in [7, 11) is 2.03. The number of benzene rings is 2. The zero-order valence-corrected chi connectivity index (χ0v) is 13.5. The molecule has 3 aromatic rings. The highest BCUT2D eigenvalue weighted by Gasteiger charge is 2.24. The number of fused-ring (bicyclic) bond motifs is 2. The molecule has 2 heterocycles. The number of anilines is 1. The predicted molar refractivity (Wildman–Crippen MR) is 96.2 cm³/mol. The quantitative estimate of drug-likeness (QED) is 0.722. The van der Waals surface area contributed by atoms with Crippen LogP contribution < -0.4 is 10.1 Å². The van der Waals surface area contributed by atoms with E-state index in [2.05, 4.69) is 34.8 Å². The molecule has 1 N–H and O–H groups in total. The maximum atomic E-state index is 12.0. The average molecular weight is 318 g/mol. The van der Waals surface area contributed by atoms with Gasteiger partial charge < -0.3 is 14.6 Å². The highest BCUT2D eigenvalue weighted by atomic mass is 16.5. The fraction of sp³-hybridized carbons (Fsp3) is 0.150. The molecular weight excluding hydrogens is 300 g/mol. The summed E-state index contributed by atoms with van der Waals surface area (Å²) in [6.45, 7) is 3.78. The van der Waals surface area contributed by atoms with Crippen LogP contribution in [0.2, 0.25) is 0 Å². The van der Waals surface area contributed by atoms with Crippen LogP contribution in [0.3, 0.4) is 0 Å². The Morgan fingerprint density at radius 1 is 1.21 bits per heavy atom. The molecule has 0 unspecified atom stereocenters. The lowest BCUT2D eigenvalue weighted by atomic mass is 10.0. The lowest BCUT2D eigenvalue weighted by Gasteiger charge is -2.16. The Kier molecular flexibility index (Phi) is 3.38. The first-order valence-electron chi connectivity index (χ1n) is 7.94. The van der Waals surface area contributed by atoms with E-state index in [4.69, 9.17) is 4.74 Å². The third-order valence-electron chi connectivity index (χ3n) is 4.39. The number of ether oxygens (including phenoxy) is 1. The molecule has 0 radical (unpaired) electrons. The maximum absolute atomic E-state index is 12.0. The van der Waals surface area contributed by atoms with Crippen molar-refractivity contribution in [3.05, 3.63) is 61.3 Å². The number of nitrogens with one attached hydrogen (secondary N) is 1. The Bertz CT molecular complexity index is 955. The number of amides is 1. The number of para-hydroxylation sites is 2. The number of carbonyl (C=O) groups is 1. The number of aromatic nitrogens is 1. The highest BCUT2D eigenvalue weighted by Crippen LogP contribution is 2.42. The van der Waals surface area contributed by atoms with Crippen LogP contribution >= 0.6 is 0 Å². The first-order chi connectivity index (χ1) is 11.7. The van der Waals surface area contributed by atoms with Crippen molar-refractivity contribution >= 4 is 22.5 Å². The predicted octanol–water partition coefficient (Wildman–Crippen LogP) is 4.12. The van der Waals surface area contributed by atoms with E-state index in [0.29, 0.717) is 11.4 Å². The van der Waals surface area contributed by atoms with Gasteiger partial charge in [0.2, 0.25) is 5.91 Å². The molecule has 0 spiro atoms. The monoisotopic (exact) mass is 318 g/mol. The fourth-order valence-corrected chi connectivity index (χ4v) is 3.24. The van der Waals surface area contributed by atoms with Gasteiger partial charge in [-0.15, -0.1) is 0 Å². The van der Waals surface area contributed by atoms with Crippen molar-refractivity contribution < 1.29 is 9.53 Å². The van der Waals surface area contributed by atoms with Gasteiger partial charge in [0.25, 0.3) is 0 Å². The number of hydrogen-bond acceptors (Lipinski definition) is 2. The van der Waals surface area contributed by atoms with Gasteiger partial charge in [0.05, 0.1) is 12.1 Å². The molecule has 4 nitrogen and oxygen atoms in total. The van der Waals surface area contributed by atoms with Crippen LogP contribution in [0, 0.1) is 0 Å². The number of aryl methyl sites for hydroxylation is 1. The van der Waals surface area contributed by atoms with E-state index < -0.39 is 0 Å². The normalized spacial score (nSPS) is 16.9. The van der Waals surface area contributed by atoms with E-state index in [0.717, 1.165) is 22.0 Å². The minimum Gasteiger partial charge on any atom is -0.483 e. The van der Waals surface area contributed by atoms with E-state index in [9.17, 15) is 4.79 Å². The summed E-state index contributed by atoms with van der Waals surface area (Å²) < 4.78 is 8.21. The van der Waals surface area contributed by atoms with E-state index in [1.54, 1.807) is 6.08 Å². The van der Waals surface area contributed by atoms with E-state index in [1.165, 1.54) is 0 Å². The zero-order valence-electron chi connectivity index (χ0n) is 13.5. The summed E-state index contributed by atoms with van der Waals surface area (Å²) in [5.41, 5.74) is 3.92. The summed E-state index contributed by atoms with van der Waals surface area (Å²) in [5.74, 6) is 0.637. The number of nitrogens with zero attached hydrogens (tertiary/aromatic N) is 1. The zero-order chi connectivity index (χ0) is 16.7. The van der Waals surface area contributed by atoms with Crippen LogP contribution in [0.15, 0.2) is 61.3 Å². The van der Waals surface area contributed by atoms with Crippen molar-refractivity contribution in [1.29, 1.82) is 0 Å². The molecule has 0 bridgehead atoms. The molecule has 4 rings (SSSR count). The van der Waals surface area contributed by atoms with Gasteiger partial charge in [0, 0.05) is 35.3 Å². The lowest BCUT2D eigenvalue weighted by Crippen LogP contribution is -2.18. The Hall–Kier alpha value is -3.01. The van der Waals surface area contributed by atoms with Crippen molar-refractivity contribution in [2.75, 3.05) is 5.32 Å². The van der Waals surface area contributed by atoms with E-state index in [-0.39, 0.29) is 18.4 Å². The second-order valence-electron chi connectivity index (χ2n) is 6.00. The molecular formula is C20H18N2O2. The SMILES string of the molecule is C=C[C@@H]1CC(=O)Nc2cccc(-c3cn(C)c4ccccc34)c2O1. The van der Waals surface area contributed by atoms with Crippen LogP contribution in [0.1, 0.15) is 6.42 Å². The van der Waals surface area contributed by atoms with Crippen molar-refractivity contribution in [2.24, 2.45) is 7.05 Å². The molecule has 2 aromatic carbocycles. The van der Waals surface area contributed by atoms with Crippen LogP contribution in [-0.2, 0) is 11.8 Å². The lowest BCUT2D eigenvalue weighted by molar-refractivity contribution is -0.117. The molecule has 0 fully saturated rings. The first kappa shape index (κ1) is 14.6. The smallest absolute Gasteiger partial charge is 0.228 e. The fourth-order valence-electron chi connectivity index (χ4n) is 3.24. The van der Waals surface area contributed by atoms with Crippen LogP contribution in [0.5, 0.6) is 5.75 Å². The summed E-state index contributed by atoms with van der Waals surface area (Å²) in [6, 6.07) is 14.1. The minimum absolute atomic E-state index is 0.0614. The van der Waals surface area contributed by atoms with Gasteiger partial charge in [-0.05, 0) is 12.1 Å². The Morgan fingerprint density at radius 3 is 2.88 bits per heavy atom. The number of hydrogen-bond donors (Lipinski definition) is 1. The molecule has 1 aliphatic heterocycles. The van der Waals surface area contributed by atoms with Gasteiger partial charge in [-0.2, -0.15) is 0 Å². The van der Waals surface area contributed by atoms with Gasteiger partial charge in [-0.1, -0.05) is 43.0 Å². The van der Waals surface area contributed by atoms with E-state index in [1.807, 2.05) is 37.4 Å². The van der Waals surface area contributed by atoms with Crippen molar-refractivity contribution in [3.63, 3.8) is 0 Å². The van der Waals surface area contributed by atoms with Gasteiger partial charge in [0.1, 0.15) is 6.10 Å². The second kappa shape index (κ2) is 5.57. The molecule has 0 saturated carbocycles. The summed E-state index contributed by atoms with van der Waals surface area (Å²) in [6.07, 6.45) is 3.71. The second-order valence-corrected chi connectivity index (χ2v) is 6.00. The maximum Gasteiger partial charge on any atom is 0.228 e. The van der Waals surface area contributed by atoms with Gasteiger partial charge in [-0.3, -0.25) is 4.79 Å². The van der Waals surface area contributed by atoms with Gasteiger partial charge >= 0.3 is 0 Å². The standard InChI is InChI=1S/C20H18N2O2/c1-3-13-11-19(23)21-17-9-6-8-15(20(17)24-13)16-12-22(2)18-10-5-4-7-14(16)18/h3-10,12-13H,1,11H2,2H3,(H,21,23)/t13-/m1/s1. The highest BCUT2D eigenvalue weighted by molar-refractivity contribution is 6.01. The number of carbonyl (C=O) groups excluding carboxylic acids is 1. The Labute approximate surface area is 140 Å². The molecule has 1 aromatic heterocycles. The molecule has 120 valence electrons. The van der Waals surface area contributed by atoms with Crippen LogP contribution in [0.4, 0.5) is 5.69 Å². The third kappa shape index (κ3) is 2.27. The number of rotatable bonds is 2. The largest absolute Gasteiger partial charge is 0.483 e. The van der Waals surface area contributed by atoms with Crippen molar-refractivity contribution in [2.45, 2.75) is 12.5 Å². The van der Waals surface area contributed by atoms with Gasteiger partial charge in [-0.25, -0.2) is 0 Å². The topological polar surface area (TPSA) is 43.3 Å². The van der Waals surface area contributed by atoms with Gasteiger partial charge in [0.15, 0.2) is 5.75 Å². The summed E-state index contributed by atoms with van der Waals surface area (Å²) in [4.78, 5) is 12.0. The van der Waals surface area contributed by atoms with Crippen molar-refractivity contribution in [3.8, 4) is 16.9 Å². The molecule has 1 atom stereocenters. The van der Waals surface area contributed by atoms with Crippen molar-refractivity contribution in [1.82, 2.24) is 4.57 Å². The minimum atomic E-state index is -0.331. The molecule has 4 heteroatoms. The Balaban J connectivity index is 1.95. The van der Waals surface area contributed by atoms with E-state index >= 15 is 0 Å². The molecule has 0 aliphatic carbocycles. The van der Waals surface area contributed by atoms with Crippen LogP contribution in [-0.4, -0.2) is 16.6 Å². The first-order valence-corrected chi connectivity index (χ1v) is 7.94. The molecule has 24 heavy (non-hydrogen) atoms. The Morgan fingerprint density at radius 2 is 2.04 bits per heavy atom. The summed E-state index contributed by atoms with van der Waals surface area (Å²) in [5, 5.41) is 4.09. The molecule has 1 amide bonds. The van der Waals surface area contributed by atoms with Crippen LogP contribution in [0.25, 0.3) is 22.0 Å². The molecule has 0 saturated heterocycles. The summed E-state index contributed by atoms with van der Waals surface area (Å²) >= 11 is 0. The molecule has 1 aliphatic rings.